The number of aromatic nitrogens is 2. The van der Waals surface area contributed by atoms with E-state index in [4.69, 9.17) is 10.5 Å². The lowest BCUT2D eigenvalue weighted by molar-refractivity contribution is 0.0277. The van der Waals surface area contributed by atoms with Crippen molar-refractivity contribution in [3.8, 4) is 23.0 Å². The van der Waals surface area contributed by atoms with Gasteiger partial charge in [0.2, 0.25) is 0 Å². The number of morpholine rings is 1. The lowest BCUT2D eigenvalue weighted by Crippen LogP contribution is -2.33. The van der Waals surface area contributed by atoms with Gasteiger partial charge < -0.3 is 15.8 Å². The minimum atomic E-state index is -0.602. The van der Waals surface area contributed by atoms with Crippen LogP contribution in [0.1, 0.15) is 27.7 Å². The van der Waals surface area contributed by atoms with Crippen LogP contribution in [0.5, 0.6) is 0 Å². The molecular formula is C21H19N5O2. The van der Waals surface area contributed by atoms with Gasteiger partial charge in [0.15, 0.2) is 5.69 Å². The van der Waals surface area contributed by atoms with Gasteiger partial charge in [0.1, 0.15) is 0 Å². The zero-order valence-corrected chi connectivity index (χ0v) is 15.1. The van der Waals surface area contributed by atoms with E-state index in [1.165, 1.54) is 0 Å². The van der Waals surface area contributed by atoms with Gasteiger partial charge in [-0.3, -0.25) is 4.79 Å². The van der Waals surface area contributed by atoms with Gasteiger partial charge in [0.25, 0.3) is 5.91 Å². The molecule has 0 spiro atoms. The second kappa shape index (κ2) is 7.64. The molecule has 1 aliphatic rings. The van der Waals surface area contributed by atoms with E-state index in [1.54, 1.807) is 28.9 Å². The summed E-state index contributed by atoms with van der Waals surface area (Å²) in [5, 5.41) is 16.9. The molecule has 7 heteroatoms. The summed E-state index contributed by atoms with van der Waals surface area (Å²) in [7, 11) is 0. The first-order valence-electron chi connectivity index (χ1n) is 8.99. The Labute approximate surface area is 162 Å². The number of benzene rings is 2. The monoisotopic (exact) mass is 373 g/mol. The van der Waals surface area contributed by atoms with Crippen molar-refractivity contribution >= 4 is 5.91 Å². The molecular weight excluding hydrogens is 354 g/mol. The molecule has 0 aliphatic carbocycles. The van der Waals surface area contributed by atoms with Gasteiger partial charge >= 0.3 is 0 Å². The first kappa shape index (κ1) is 17.9. The highest BCUT2D eigenvalue weighted by Crippen LogP contribution is 2.26. The largest absolute Gasteiger partial charge is 0.371 e. The molecule has 1 unspecified atom stereocenters. The van der Waals surface area contributed by atoms with Crippen LogP contribution < -0.4 is 11.1 Å². The van der Waals surface area contributed by atoms with Crippen molar-refractivity contribution in [2.24, 2.45) is 5.73 Å². The molecule has 3 aromatic rings. The predicted molar refractivity (Wildman–Crippen MR) is 104 cm³/mol. The Hall–Kier alpha value is -3.47. The molecule has 1 fully saturated rings. The zero-order chi connectivity index (χ0) is 19.5. The van der Waals surface area contributed by atoms with Gasteiger partial charge in [0, 0.05) is 18.7 Å². The Morgan fingerprint density at radius 1 is 1.25 bits per heavy atom. The number of rotatable bonds is 4. The maximum absolute atomic E-state index is 11.7. The maximum atomic E-state index is 11.7. The molecule has 140 valence electrons. The van der Waals surface area contributed by atoms with Gasteiger partial charge in [-0.25, -0.2) is 4.68 Å². The van der Waals surface area contributed by atoms with Gasteiger partial charge in [-0.15, -0.1) is 0 Å². The normalized spacial score (nSPS) is 16.5. The standard InChI is InChI=1S/C21H19N5O2/c22-12-14-2-1-3-16(10-14)19-11-18(21(23)27)25-26(19)17-6-4-15(5-7-17)20-13-24-8-9-28-20/h1-7,10-11,20,24H,8-9,13H2,(H2,23,27). The molecule has 4 rings (SSSR count). The summed E-state index contributed by atoms with van der Waals surface area (Å²) in [5.41, 5.74) is 9.47. The summed E-state index contributed by atoms with van der Waals surface area (Å²) in [4.78, 5) is 11.7. The first-order chi connectivity index (χ1) is 13.7. The number of hydrogen-bond donors (Lipinski definition) is 2. The summed E-state index contributed by atoms with van der Waals surface area (Å²) >= 11 is 0. The van der Waals surface area contributed by atoms with Crippen LogP contribution in [-0.4, -0.2) is 35.4 Å². The summed E-state index contributed by atoms with van der Waals surface area (Å²) in [6.07, 6.45) is 0.0217. The van der Waals surface area contributed by atoms with Crippen LogP contribution in [0.25, 0.3) is 16.9 Å². The van der Waals surface area contributed by atoms with E-state index >= 15 is 0 Å². The predicted octanol–water partition coefficient (Wildman–Crippen LogP) is 2.17. The third kappa shape index (κ3) is 3.51. The number of ether oxygens (including phenoxy) is 1. The summed E-state index contributed by atoms with van der Waals surface area (Å²) in [5.74, 6) is -0.602. The van der Waals surface area contributed by atoms with Crippen LogP contribution >= 0.6 is 0 Å². The molecule has 2 aromatic carbocycles. The van der Waals surface area contributed by atoms with Crippen LogP contribution in [0.3, 0.4) is 0 Å². The zero-order valence-electron chi connectivity index (χ0n) is 15.1. The molecule has 7 nitrogen and oxygen atoms in total. The van der Waals surface area contributed by atoms with Crippen molar-refractivity contribution in [3.05, 3.63) is 71.4 Å². The number of nitriles is 1. The molecule has 28 heavy (non-hydrogen) atoms. The minimum Gasteiger partial charge on any atom is -0.371 e. The topological polar surface area (TPSA) is 106 Å². The van der Waals surface area contributed by atoms with Gasteiger partial charge in [-0.05, 0) is 35.9 Å². The third-order valence-corrected chi connectivity index (χ3v) is 4.69. The van der Waals surface area contributed by atoms with Crippen molar-refractivity contribution in [2.75, 3.05) is 19.7 Å². The number of nitrogens with one attached hydrogen (secondary N) is 1. The summed E-state index contributed by atoms with van der Waals surface area (Å²) < 4.78 is 7.45. The van der Waals surface area contributed by atoms with E-state index in [2.05, 4.69) is 16.5 Å². The number of carbonyl (C=O) groups excluding carboxylic acids is 1. The molecule has 1 atom stereocenters. The van der Waals surface area contributed by atoms with Crippen molar-refractivity contribution in [2.45, 2.75) is 6.10 Å². The summed E-state index contributed by atoms with van der Waals surface area (Å²) in [6.45, 7) is 2.33. The number of primary amides is 1. The maximum Gasteiger partial charge on any atom is 0.269 e. The number of hydrogen-bond acceptors (Lipinski definition) is 5. The van der Waals surface area contributed by atoms with Crippen molar-refractivity contribution in [1.29, 1.82) is 5.26 Å². The Kier molecular flexibility index (Phi) is 4.89. The van der Waals surface area contributed by atoms with Crippen molar-refractivity contribution in [1.82, 2.24) is 15.1 Å². The highest BCUT2D eigenvalue weighted by atomic mass is 16.5. The molecule has 0 bridgehead atoms. The number of amides is 1. The smallest absolute Gasteiger partial charge is 0.269 e. The minimum absolute atomic E-state index is 0.0217. The molecule has 1 aromatic heterocycles. The van der Waals surface area contributed by atoms with E-state index < -0.39 is 5.91 Å². The molecule has 3 N–H and O–H groups in total. The van der Waals surface area contributed by atoms with Crippen LogP contribution in [0.2, 0.25) is 0 Å². The van der Waals surface area contributed by atoms with Crippen molar-refractivity contribution < 1.29 is 9.53 Å². The highest BCUT2D eigenvalue weighted by Gasteiger charge is 2.18. The van der Waals surface area contributed by atoms with Crippen molar-refractivity contribution in [3.63, 3.8) is 0 Å². The van der Waals surface area contributed by atoms with E-state index in [0.717, 1.165) is 29.9 Å². The lowest BCUT2D eigenvalue weighted by Gasteiger charge is -2.24. The molecule has 1 aliphatic heterocycles. The van der Waals surface area contributed by atoms with Gasteiger partial charge in [-0.2, -0.15) is 10.4 Å². The quantitative estimate of drug-likeness (QED) is 0.729. The SMILES string of the molecule is N#Cc1cccc(-c2cc(C(N)=O)nn2-c2ccc(C3CNCCO3)cc2)c1. The van der Waals surface area contributed by atoms with Crippen LogP contribution in [0.15, 0.2) is 54.6 Å². The average Bonchev–Trinajstić information content (AvgIpc) is 3.20. The van der Waals surface area contributed by atoms with E-state index in [1.807, 2.05) is 30.3 Å². The van der Waals surface area contributed by atoms with Gasteiger partial charge in [-0.1, -0.05) is 24.3 Å². The van der Waals surface area contributed by atoms with E-state index in [0.29, 0.717) is 17.9 Å². The number of nitrogens with zero attached hydrogens (tertiary/aromatic N) is 3. The molecule has 0 radical (unpaired) electrons. The Morgan fingerprint density at radius 2 is 2.07 bits per heavy atom. The third-order valence-electron chi connectivity index (χ3n) is 4.69. The summed E-state index contributed by atoms with van der Waals surface area (Å²) in [6, 6.07) is 18.8. The Bertz CT molecular complexity index is 1040. The Balaban J connectivity index is 1.74. The number of nitrogens with two attached hydrogens (primary N) is 1. The molecule has 1 amide bonds. The fraction of sp³-hybridized carbons (Fsp3) is 0.190. The molecule has 0 saturated carbocycles. The second-order valence-electron chi connectivity index (χ2n) is 6.54. The molecule has 1 saturated heterocycles. The Morgan fingerprint density at radius 3 is 2.75 bits per heavy atom. The van der Waals surface area contributed by atoms with Crippen LogP contribution in [0.4, 0.5) is 0 Å². The van der Waals surface area contributed by atoms with E-state index in [-0.39, 0.29) is 11.8 Å². The second-order valence-corrected chi connectivity index (χ2v) is 6.54. The van der Waals surface area contributed by atoms with Crippen LogP contribution in [0, 0.1) is 11.3 Å². The van der Waals surface area contributed by atoms with Crippen LogP contribution in [-0.2, 0) is 4.74 Å². The number of carbonyl (C=O) groups is 1. The fourth-order valence-electron chi connectivity index (χ4n) is 3.26. The van der Waals surface area contributed by atoms with E-state index in [9.17, 15) is 10.1 Å². The molecule has 2 heterocycles. The first-order valence-corrected chi connectivity index (χ1v) is 8.99. The lowest BCUT2D eigenvalue weighted by atomic mass is 10.1. The average molecular weight is 373 g/mol. The van der Waals surface area contributed by atoms with Gasteiger partial charge in [0.05, 0.1) is 35.7 Å². The fourth-order valence-corrected chi connectivity index (χ4v) is 3.26. The highest BCUT2D eigenvalue weighted by molar-refractivity contribution is 5.92.